The van der Waals surface area contributed by atoms with Gasteiger partial charge in [0.15, 0.2) is 0 Å². The molecule has 0 saturated heterocycles. The van der Waals surface area contributed by atoms with Crippen molar-refractivity contribution in [2.75, 3.05) is 6.61 Å². The molecule has 2 nitrogen and oxygen atoms in total. The highest BCUT2D eigenvalue weighted by molar-refractivity contribution is 5.65. The van der Waals surface area contributed by atoms with Crippen LogP contribution in [0.5, 0.6) is 0 Å². The molecule has 0 fully saturated rings. The average Bonchev–Trinajstić information content (AvgIpc) is 2.43. The van der Waals surface area contributed by atoms with E-state index in [2.05, 4.69) is 19.1 Å². The molecule has 0 aromatic heterocycles. The van der Waals surface area contributed by atoms with E-state index in [1.807, 2.05) is 0 Å². The highest BCUT2D eigenvalue weighted by Gasteiger charge is 1.92. The third-order valence-corrected chi connectivity index (χ3v) is 3.46. The molecule has 0 aromatic rings. The number of unbranched alkanes of at least 4 members (excludes halogenated alkanes) is 10. The maximum atomic E-state index is 10.5. The van der Waals surface area contributed by atoms with Gasteiger partial charge in [0.1, 0.15) is 0 Å². The van der Waals surface area contributed by atoms with Gasteiger partial charge in [0, 0.05) is 6.92 Å². The number of hydrogen-bond acceptors (Lipinski definition) is 2. The molecule has 0 unspecified atom stereocenters. The van der Waals surface area contributed by atoms with Gasteiger partial charge in [0.05, 0.1) is 6.61 Å². The van der Waals surface area contributed by atoms with E-state index in [9.17, 15) is 4.79 Å². The predicted octanol–water partition coefficient (Wildman–Crippen LogP) is 5.81. The standard InChI is InChI=1S/C18H34O2/c1-3-4-5-6-7-8-9-10-11-12-13-14-15-16-17-20-18(2)19/h13-14H,3-12,15-17H2,1-2H3. The molecule has 20 heavy (non-hydrogen) atoms. The maximum Gasteiger partial charge on any atom is 0.302 e. The Bertz CT molecular complexity index is 234. The first-order valence-electron chi connectivity index (χ1n) is 8.55. The lowest BCUT2D eigenvalue weighted by atomic mass is 10.1. The van der Waals surface area contributed by atoms with Crippen molar-refractivity contribution in [3.63, 3.8) is 0 Å². The van der Waals surface area contributed by atoms with Crippen molar-refractivity contribution in [1.82, 2.24) is 0 Å². The summed E-state index contributed by atoms with van der Waals surface area (Å²) in [7, 11) is 0. The van der Waals surface area contributed by atoms with Gasteiger partial charge in [-0.3, -0.25) is 4.79 Å². The van der Waals surface area contributed by atoms with Crippen molar-refractivity contribution in [3.8, 4) is 0 Å². The van der Waals surface area contributed by atoms with E-state index in [1.54, 1.807) is 0 Å². The zero-order chi connectivity index (χ0) is 14.9. The lowest BCUT2D eigenvalue weighted by molar-refractivity contribution is -0.141. The molecule has 118 valence electrons. The average molecular weight is 282 g/mol. The fraction of sp³-hybridized carbons (Fsp3) is 0.833. The third kappa shape index (κ3) is 17.2. The van der Waals surface area contributed by atoms with Gasteiger partial charge in [-0.25, -0.2) is 0 Å². The van der Waals surface area contributed by atoms with E-state index in [1.165, 1.54) is 71.1 Å². The minimum atomic E-state index is -0.177. The van der Waals surface area contributed by atoms with Crippen LogP contribution in [0.15, 0.2) is 12.2 Å². The van der Waals surface area contributed by atoms with E-state index >= 15 is 0 Å². The van der Waals surface area contributed by atoms with Crippen LogP contribution >= 0.6 is 0 Å². The Morgan fingerprint density at radius 1 is 0.800 bits per heavy atom. The predicted molar refractivity (Wildman–Crippen MR) is 86.9 cm³/mol. The van der Waals surface area contributed by atoms with Gasteiger partial charge in [0.25, 0.3) is 0 Å². The first-order valence-corrected chi connectivity index (χ1v) is 8.55. The SMILES string of the molecule is CCCCCCCCCCCC=CCCCOC(C)=O. The molecule has 0 saturated carbocycles. The molecule has 0 radical (unpaired) electrons. The number of ether oxygens (including phenoxy) is 1. The molecule has 0 spiro atoms. The molecule has 0 aliphatic heterocycles. The number of rotatable bonds is 14. The normalized spacial score (nSPS) is 11.1. The van der Waals surface area contributed by atoms with Gasteiger partial charge in [-0.2, -0.15) is 0 Å². The van der Waals surface area contributed by atoms with Crippen molar-refractivity contribution >= 4 is 5.97 Å². The number of carbonyl (C=O) groups excluding carboxylic acids is 1. The lowest BCUT2D eigenvalue weighted by Crippen LogP contribution is -1.99. The summed E-state index contributed by atoms with van der Waals surface area (Å²) in [6.07, 6.45) is 20.2. The fourth-order valence-corrected chi connectivity index (χ4v) is 2.23. The van der Waals surface area contributed by atoms with Gasteiger partial charge in [-0.1, -0.05) is 70.4 Å². The zero-order valence-corrected chi connectivity index (χ0v) is 13.7. The smallest absolute Gasteiger partial charge is 0.302 e. The Kier molecular flexibility index (Phi) is 15.6. The minimum absolute atomic E-state index is 0.177. The Morgan fingerprint density at radius 2 is 1.30 bits per heavy atom. The van der Waals surface area contributed by atoms with Gasteiger partial charge in [0.2, 0.25) is 0 Å². The van der Waals surface area contributed by atoms with Crippen molar-refractivity contribution in [3.05, 3.63) is 12.2 Å². The molecule has 0 aromatic carbocycles. The van der Waals surface area contributed by atoms with E-state index in [0.29, 0.717) is 6.61 Å². The first-order chi connectivity index (χ1) is 9.77. The van der Waals surface area contributed by atoms with Crippen LogP contribution in [0.25, 0.3) is 0 Å². The molecule has 0 rings (SSSR count). The molecule has 0 aliphatic carbocycles. The summed E-state index contributed by atoms with van der Waals surface area (Å²) in [5, 5.41) is 0. The quantitative estimate of drug-likeness (QED) is 0.228. The molecule has 0 atom stereocenters. The van der Waals surface area contributed by atoms with Crippen LogP contribution in [-0.4, -0.2) is 12.6 Å². The van der Waals surface area contributed by atoms with Crippen LogP contribution in [0, 0.1) is 0 Å². The molecular formula is C18H34O2. The number of carbonyl (C=O) groups is 1. The van der Waals surface area contributed by atoms with E-state index < -0.39 is 0 Å². The topological polar surface area (TPSA) is 26.3 Å². The molecule has 0 heterocycles. The summed E-state index contributed by atoms with van der Waals surface area (Å²) < 4.78 is 4.88. The summed E-state index contributed by atoms with van der Waals surface area (Å²) in [6, 6.07) is 0. The molecule has 0 aliphatic rings. The third-order valence-electron chi connectivity index (χ3n) is 3.46. The van der Waals surface area contributed by atoms with Gasteiger partial charge in [-0.05, 0) is 25.7 Å². The highest BCUT2D eigenvalue weighted by Crippen LogP contribution is 2.10. The highest BCUT2D eigenvalue weighted by atomic mass is 16.5. The van der Waals surface area contributed by atoms with Crippen LogP contribution < -0.4 is 0 Å². The maximum absolute atomic E-state index is 10.5. The van der Waals surface area contributed by atoms with Crippen molar-refractivity contribution in [1.29, 1.82) is 0 Å². The van der Waals surface area contributed by atoms with Gasteiger partial charge in [-0.15, -0.1) is 0 Å². The second-order valence-corrected chi connectivity index (χ2v) is 5.57. The minimum Gasteiger partial charge on any atom is -0.466 e. The molecule has 0 bridgehead atoms. The molecule has 2 heteroatoms. The number of hydrogen-bond donors (Lipinski definition) is 0. The molecule has 0 N–H and O–H groups in total. The monoisotopic (exact) mass is 282 g/mol. The van der Waals surface area contributed by atoms with Crippen LogP contribution in [0.3, 0.4) is 0 Å². The lowest BCUT2D eigenvalue weighted by Gasteiger charge is -2.00. The van der Waals surface area contributed by atoms with Crippen LogP contribution in [0.2, 0.25) is 0 Å². The summed E-state index contributed by atoms with van der Waals surface area (Å²) >= 11 is 0. The van der Waals surface area contributed by atoms with Gasteiger partial charge < -0.3 is 4.74 Å². The Hall–Kier alpha value is -0.790. The van der Waals surface area contributed by atoms with Gasteiger partial charge >= 0.3 is 5.97 Å². The second-order valence-electron chi connectivity index (χ2n) is 5.57. The van der Waals surface area contributed by atoms with Crippen molar-refractivity contribution < 1.29 is 9.53 Å². The fourth-order valence-electron chi connectivity index (χ4n) is 2.23. The van der Waals surface area contributed by atoms with Crippen LogP contribution in [0.1, 0.15) is 90.9 Å². The summed E-state index contributed by atoms with van der Waals surface area (Å²) in [6.45, 7) is 4.28. The van der Waals surface area contributed by atoms with E-state index in [-0.39, 0.29) is 5.97 Å². The summed E-state index contributed by atoms with van der Waals surface area (Å²) in [5.74, 6) is -0.177. The van der Waals surface area contributed by atoms with Crippen LogP contribution in [0.4, 0.5) is 0 Å². The van der Waals surface area contributed by atoms with E-state index in [0.717, 1.165) is 12.8 Å². The largest absolute Gasteiger partial charge is 0.466 e. The summed E-state index contributed by atoms with van der Waals surface area (Å²) in [4.78, 5) is 10.5. The van der Waals surface area contributed by atoms with Crippen molar-refractivity contribution in [2.45, 2.75) is 90.9 Å². The Labute approximate surface area is 126 Å². The molecule has 0 amide bonds. The Morgan fingerprint density at radius 3 is 1.85 bits per heavy atom. The van der Waals surface area contributed by atoms with E-state index in [4.69, 9.17) is 4.74 Å². The zero-order valence-electron chi connectivity index (χ0n) is 13.7. The van der Waals surface area contributed by atoms with Crippen molar-refractivity contribution in [2.24, 2.45) is 0 Å². The number of esters is 1. The van der Waals surface area contributed by atoms with Crippen LogP contribution in [-0.2, 0) is 9.53 Å². The summed E-state index contributed by atoms with van der Waals surface area (Å²) in [5.41, 5.74) is 0. The first kappa shape index (κ1) is 19.2. The number of allylic oxidation sites excluding steroid dienone is 2. The molecular weight excluding hydrogens is 248 g/mol. The Balaban J connectivity index is 3.06. The second kappa shape index (κ2) is 16.3.